The van der Waals surface area contributed by atoms with Gasteiger partial charge in [0.15, 0.2) is 5.58 Å². The summed E-state index contributed by atoms with van der Waals surface area (Å²) in [5, 5.41) is 0. The van der Waals surface area contributed by atoms with E-state index in [1.807, 2.05) is 24.4 Å². The van der Waals surface area contributed by atoms with E-state index in [-0.39, 0.29) is 0 Å². The molecule has 0 radical (unpaired) electrons. The van der Waals surface area contributed by atoms with Crippen LogP contribution >= 0.6 is 11.8 Å². The summed E-state index contributed by atoms with van der Waals surface area (Å²) in [6.07, 6.45) is 3.56. The summed E-state index contributed by atoms with van der Waals surface area (Å²) in [4.78, 5) is 5.47. The van der Waals surface area contributed by atoms with Crippen molar-refractivity contribution in [3.05, 3.63) is 60.5 Å². The van der Waals surface area contributed by atoms with Crippen molar-refractivity contribution in [3.63, 3.8) is 0 Å². The SMILES string of the molecule is c1ccc(CSc2cnc3ccoc3c2)cc1. The van der Waals surface area contributed by atoms with E-state index < -0.39 is 0 Å². The van der Waals surface area contributed by atoms with Gasteiger partial charge in [-0.05, 0) is 11.6 Å². The predicted octanol–water partition coefficient (Wildman–Crippen LogP) is 4.12. The van der Waals surface area contributed by atoms with Crippen LogP contribution in [0.2, 0.25) is 0 Å². The molecule has 0 aliphatic heterocycles. The van der Waals surface area contributed by atoms with Crippen molar-refractivity contribution in [1.29, 1.82) is 0 Å². The van der Waals surface area contributed by atoms with Gasteiger partial charge in [-0.2, -0.15) is 0 Å². The molecule has 84 valence electrons. The smallest absolute Gasteiger partial charge is 0.153 e. The number of rotatable bonds is 3. The lowest BCUT2D eigenvalue weighted by Crippen LogP contribution is -1.80. The monoisotopic (exact) mass is 241 g/mol. The fourth-order valence-corrected chi connectivity index (χ4v) is 2.49. The lowest BCUT2D eigenvalue weighted by Gasteiger charge is -2.01. The Balaban J connectivity index is 1.76. The van der Waals surface area contributed by atoms with Gasteiger partial charge in [-0.15, -0.1) is 11.8 Å². The number of hydrogen-bond donors (Lipinski definition) is 0. The number of nitrogens with zero attached hydrogens (tertiary/aromatic N) is 1. The van der Waals surface area contributed by atoms with Gasteiger partial charge in [0.2, 0.25) is 0 Å². The topological polar surface area (TPSA) is 26.0 Å². The quantitative estimate of drug-likeness (QED) is 0.645. The standard InChI is InChI=1S/C14H11NOS/c1-2-4-11(5-3-1)10-17-12-8-14-13(15-9-12)6-7-16-14/h1-9H,10H2. The second-order valence-corrected chi connectivity index (χ2v) is 4.80. The lowest BCUT2D eigenvalue weighted by molar-refractivity contribution is 0.614. The first-order chi connectivity index (χ1) is 8.42. The highest BCUT2D eigenvalue weighted by molar-refractivity contribution is 7.98. The minimum Gasteiger partial charge on any atom is -0.463 e. The highest BCUT2D eigenvalue weighted by Gasteiger charge is 2.01. The van der Waals surface area contributed by atoms with Gasteiger partial charge in [0.1, 0.15) is 5.52 Å². The van der Waals surface area contributed by atoms with Gasteiger partial charge in [-0.3, -0.25) is 4.98 Å². The first-order valence-electron chi connectivity index (χ1n) is 5.42. The number of furan rings is 1. The molecule has 3 aromatic rings. The average molecular weight is 241 g/mol. The molecule has 1 aromatic carbocycles. The lowest BCUT2D eigenvalue weighted by atomic mass is 10.2. The summed E-state index contributed by atoms with van der Waals surface area (Å²) < 4.78 is 5.33. The van der Waals surface area contributed by atoms with Crippen molar-refractivity contribution < 1.29 is 4.42 Å². The summed E-state index contributed by atoms with van der Waals surface area (Å²) in [6.45, 7) is 0. The van der Waals surface area contributed by atoms with E-state index in [1.165, 1.54) is 5.56 Å². The summed E-state index contributed by atoms with van der Waals surface area (Å²) in [6, 6.07) is 14.3. The van der Waals surface area contributed by atoms with Crippen LogP contribution in [0.4, 0.5) is 0 Å². The van der Waals surface area contributed by atoms with Crippen LogP contribution in [0.15, 0.2) is 64.2 Å². The highest BCUT2D eigenvalue weighted by atomic mass is 32.2. The molecule has 0 aliphatic carbocycles. The number of hydrogen-bond acceptors (Lipinski definition) is 3. The predicted molar refractivity (Wildman–Crippen MR) is 70.0 cm³/mol. The van der Waals surface area contributed by atoms with Gasteiger partial charge in [0.25, 0.3) is 0 Å². The Morgan fingerprint density at radius 3 is 2.88 bits per heavy atom. The minimum absolute atomic E-state index is 0.850. The molecule has 2 nitrogen and oxygen atoms in total. The normalized spacial score (nSPS) is 10.8. The zero-order valence-corrected chi connectivity index (χ0v) is 9.98. The highest BCUT2D eigenvalue weighted by Crippen LogP contribution is 2.25. The van der Waals surface area contributed by atoms with Gasteiger partial charge in [0.05, 0.1) is 6.26 Å². The van der Waals surface area contributed by atoms with E-state index >= 15 is 0 Å². The molecular formula is C14H11NOS. The van der Waals surface area contributed by atoms with E-state index in [0.717, 1.165) is 21.7 Å². The molecule has 2 heterocycles. The number of fused-ring (bicyclic) bond motifs is 1. The van der Waals surface area contributed by atoms with E-state index in [2.05, 4.69) is 29.2 Å². The summed E-state index contributed by atoms with van der Waals surface area (Å²) in [5.74, 6) is 0.953. The number of thioether (sulfide) groups is 1. The Morgan fingerprint density at radius 1 is 1.12 bits per heavy atom. The molecule has 0 amide bonds. The van der Waals surface area contributed by atoms with Gasteiger partial charge in [0, 0.05) is 22.9 Å². The third kappa shape index (κ3) is 2.34. The number of aromatic nitrogens is 1. The Bertz CT molecular complexity index is 618. The van der Waals surface area contributed by atoms with Crippen molar-refractivity contribution in [2.45, 2.75) is 10.6 Å². The molecule has 0 spiro atoms. The molecule has 0 unspecified atom stereocenters. The summed E-state index contributed by atoms with van der Waals surface area (Å²) >= 11 is 1.77. The van der Waals surface area contributed by atoms with E-state index in [1.54, 1.807) is 18.0 Å². The van der Waals surface area contributed by atoms with E-state index in [4.69, 9.17) is 4.42 Å². The van der Waals surface area contributed by atoms with Gasteiger partial charge < -0.3 is 4.42 Å². The second-order valence-electron chi connectivity index (χ2n) is 3.75. The summed E-state index contributed by atoms with van der Waals surface area (Å²) in [7, 11) is 0. The fourth-order valence-electron chi connectivity index (χ4n) is 1.65. The Kier molecular flexibility index (Phi) is 2.84. The molecular weight excluding hydrogens is 230 g/mol. The van der Waals surface area contributed by atoms with Crippen LogP contribution in [-0.4, -0.2) is 4.98 Å². The van der Waals surface area contributed by atoms with Crippen LogP contribution in [0.3, 0.4) is 0 Å². The Labute approximate surface area is 104 Å². The minimum atomic E-state index is 0.850. The summed E-state index contributed by atoms with van der Waals surface area (Å²) in [5.41, 5.74) is 3.08. The molecule has 17 heavy (non-hydrogen) atoms. The molecule has 0 saturated carbocycles. The third-order valence-electron chi connectivity index (χ3n) is 2.53. The molecule has 0 N–H and O–H groups in total. The van der Waals surface area contributed by atoms with Crippen molar-refractivity contribution in [1.82, 2.24) is 4.98 Å². The van der Waals surface area contributed by atoms with E-state index in [0.29, 0.717) is 0 Å². The van der Waals surface area contributed by atoms with Gasteiger partial charge in [-0.1, -0.05) is 30.3 Å². The molecule has 0 saturated heterocycles. The Morgan fingerprint density at radius 2 is 2.00 bits per heavy atom. The van der Waals surface area contributed by atoms with Crippen molar-refractivity contribution in [2.24, 2.45) is 0 Å². The third-order valence-corrected chi connectivity index (χ3v) is 3.56. The zero-order chi connectivity index (χ0) is 11.5. The fraction of sp³-hybridized carbons (Fsp3) is 0.0714. The molecule has 3 rings (SSSR count). The molecule has 0 bridgehead atoms. The Hall–Kier alpha value is -1.74. The van der Waals surface area contributed by atoms with Crippen LogP contribution < -0.4 is 0 Å². The van der Waals surface area contributed by atoms with E-state index in [9.17, 15) is 0 Å². The second kappa shape index (κ2) is 4.63. The van der Waals surface area contributed by atoms with Crippen molar-refractivity contribution >= 4 is 22.9 Å². The maximum Gasteiger partial charge on any atom is 0.153 e. The van der Waals surface area contributed by atoms with Crippen LogP contribution in [-0.2, 0) is 5.75 Å². The van der Waals surface area contributed by atoms with Crippen molar-refractivity contribution in [3.8, 4) is 0 Å². The first kappa shape index (κ1) is 10.4. The molecule has 0 aliphatic rings. The number of benzene rings is 1. The van der Waals surface area contributed by atoms with Crippen LogP contribution in [0.5, 0.6) is 0 Å². The molecule has 2 aromatic heterocycles. The van der Waals surface area contributed by atoms with Gasteiger partial charge in [-0.25, -0.2) is 0 Å². The average Bonchev–Trinajstić information content (AvgIpc) is 2.85. The van der Waals surface area contributed by atoms with Crippen LogP contribution in [0.25, 0.3) is 11.1 Å². The first-order valence-corrected chi connectivity index (χ1v) is 6.40. The van der Waals surface area contributed by atoms with Crippen LogP contribution in [0, 0.1) is 0 Å². The molecule has 0 atom stereocenters. The molecule has 3 heteroatoms. The van der Waals surface area contributed by atoms with Crippen molar-refractivity contribution in [2.75, 3.05) is 0 Å². The van der Waals surface area contributed by atoms with Gasteiger partial charge >= 0.3 is 0 Å². The number of pyridine rings is 1. The molecule has 0 fully saturated rings. The zero-order valence-electron chi connectivity index (χ0n) is 9.17. The maximum atomic E-state index is 5.33. The maximum absolute atomic E-state index is 5.33. The van der Waals surface area contributed by atoms with Crippen LogP contribution in [0.1, 0.15) is 5.56 Å². The largest absolute Gasteiger partial charge is 0.463 e.